The van der Waals surface area contributed by atoms with Crippen LogP contribution in [0, 0.1) is 11.6 Å². The maximum Gasteiger partial charge on any atom is 0.320 e. The lowest BCUT2D eigenvalue weighted by atomic mass is 10.1. The molecule has 0 bridgehead atoms. The van der Waals surface area contributed by atoms with E-state index in [0.717, 1.165) is 12.1 Å². The highest BCUT2D eigenvalue weighted by Gasteiger charge is 2.29. The Hall–Kier alpha value is -3.14. The Labute approximate surface area is 146 Å². The summed E-state index contributed by atoms with van der Waals surface area (Å²) in [5.41, 5.74) is -0.215. The highest BCUT2D eigenvalue weighted by atomic mass is 19.1. The second-order valence-electron chi connectivity index (χ2n) is 5.68. The molecule has 3 rings (SSSR count). The molecule has 1 aromatic carbocycles. The Balaban J connectivity index is 2.05. The Bertz CT molecular complexity index is 870. The minimum atomic E-state index is -0.869. The van der Waals surface area contributed by atoms with Crippen molar-refractivity contribution in [1.82, 2.24) is 20.6 Å². The summed E-state index contributed by atoms with van der Waals surface area (Å²) in [5.74, 6) is -2.71. The van der Waals surface area contributed by atoms with Crippen LogP contribution in [-0.2, 0) is 6.54 Å². The van der Waals surface area contributed by atoms with E-state index in [4.69, 9.17) is 5.11 Å². The van der Waals surface area contributed by atoms with Gasteiger partial charge in [-0.3, -0.25) is 10.1 Å². The van der Waals surface area contributed by atoms with Gasteiger partial charge in [-0.25, -0.2) is 23.5 Å². The standard InChI is InChI=1S/C16H15F2N5O3/c1-7(6-24)20-16(26)23-14-12-10(5-19-15(12)25)21-13(22-14)11-8(17)3-2-4-9(11)18/h2-4,7,24H,5-6H2,1H3,(H,19,25)(H2,20,21,22,23,26)/t7-/m0/s1. The molecule has 0 spiro atoms. The van der Waals surface area contributed by atoms with E-state index < -0.39 is 35.2 Å². The molecule has 0 saturated carbocycles. The van der Waals surface area contributed by atoms with Gasteiger partial charge in [-0.2, -0.15) is 0 Å². The second kappa shape index (κ2) is 7.00. The molecule has 3 amide bonds. The number of fused-ring (bicyclic) bond motifs is 1. The fourth-order valence-corrected chi connectivity index (χ4v) is 2.45. The predicted molar refractivity (Wildman–Crippen MR) is 87.3 cm³/mol. The molecule has 8 nitrogen and oxygen atoms in total. The van der Waals surface area contributed by atoms with Crippen molar-refractivity contribution in [3.05, 3.63) is 41.1 Å². The van der Waals surface area contributed by atoms with Crippen LogP contribution in [0.15, 0.2) is 18.2 Å². The fourth-order valence-electron chi connectivity index (χ4n) is 2.45. The number of aromatic nitrogens is 2. The summed E-state index contributed by atoms with van der Waals surface area (Å²) in [7, 11) is 0. The highest BCUT2D eigenvalue weighted by molar-refractivity contribution is 6.05. The van der Waals surface area contributed by atoms with Crippen LogP contribution < -0.4 is 16.0 Å². The van der Waals surface area contributed by atoms with E-state index in [9.17, 15) is 18.4 Å². The zero-order valence-corrected chi connectivity index (χ0v) is 13.6. The Morgan fingerprint density at radius 3 is 2.65 bits per heavy atom. The molecule has 1 aromatic heterocycles. The van der Waals surface area contributed by atoms with E-state index in [0.29, 0.717) is 0 Å². The number of carbonyl (C=O) groups excluding carboxylic acids is 2. The van der Waals surface area contributed by atoms with E-state index >= 15 is 0 Å². The van der Waals surface area contributed by atoms with Crippen LogP contribution >= 0.6 is 0 Å². The van der Waals surface area contributed by atoms with Gasteiger partial charge >= 0.3 is 6.03 Å². The summed E-state index contributed by atoms with van der Waals surface area (Å²) in [4.78, 5) is 32.0. The number of halogens is 2. The van der Waals surface area contributed by atoms with E-state index in [1.807, 2.05) is 0 Å². The molecule has 1 aliphatic heterocycles. The number of carbonyl (C=O) groups is 2. The average Bonchev–Trinajstić information content (AvgIpc) is 2.96. The van der Waals surface area contributed by atoms with Crippen LogP contribution in [0.2, 0.25) is 0 Å². The number of nitrogens with zero attached hydrogens (tertiary/aromatic N) is 2. The molecule has 0 saturated heterocycles. The van der Waals surface area contributed by atoms with Crippen molar-refractivity contribution in [3.8, 4) is 11.4 Å². The lowest BCUT2D eigenvalue weighted by Crippen LogP contribution is -2.38. The van der Waals surface area contributed by atoms with Crippen LogP contribution in [0.4, 0.5) is 19.4 Å². The number of hydrogen-bond donors (Lipinski definition) is 4. The molecular weight excluding hydrogens is 348 g/mol. The van der Waals surface area contributed by atoms with Gasteiger partial charge in [0.15, 0.2) is 11.6 Å². The molecule has 4 N–H and O–H groups in total. The number of anilines is 1. The number of rotatable bonds is 4. The summed E-state index contributed by atoms with van der Waals surface area (Å²) in [6.45, 7) is 1.32. The van der Waals surface area contributed by atoms with Gasteiger partial charge in [0, 0.05) is 0 Å². The van der Waals surface area contributed by atoms with Crippen LogP contribution in [0.5, 0.6) is 0 Å². The molecule has 136 valence electrons. The van der Waals surface area contributed by atoms with Gasteiger partial charge in [0.05, 0.1) is 30.5 Å². The third-order valence-electron chi connectivity index (χ3n) is 3.70. The van der Waals surface area contributed by atoms with Crippen molar-refractivity contribution in [1.29, 1.82) is 0 Å². The van der Waals surface area contributed by atoms with Crippen molar-refractivity contribution in [2.75, 3.05) is 11.9 Å². The predicted octanol–water partition coefficient (Wildman–Crippen LogP) is 1.17. The molecule has 26 heavy (non-hydrogen) atoms. The largest absolute Gasteiger partial charge is 0.394 e. The van der Waals surface area contributed by atoms with Crippen LogP contribution in [0.3, 0.4) is 0 Å². The number of amides is 3. The topological polar surface area (TPSA) is 116 Å². The van der Waals surface area contributed by atoms with Gasteiger partial charge in [-0.1, -0.05) is 6.07 Å². The fraction of sp³-hybridized carbons (Fsp3) is 0.250. The number of urea groups is 1. The zero-order chi connectivity index (χ0) is 18.8. The molecule has 0 radical (unpaired) electrons. The molecule has 10 heteroatoms. The maximum atomic E-state index is 14.0. The summed E-state index contributed by atoms with van der Waals surface area (Å²) in [5, 5.41) is 16.3. The molecule has 1 aliphatic rings. The minimum Gasteiger partial charge on any atom is -0.394 e. The smallest absolute Gasteiger partial charge is 0.320 e. The molecule has 2 heterocycles. The highest BCUT2D eigenvalue weighted by Crippen LogP contribution is 2.28. The lowest BCUT2D eigenvalue weighted by Gasteiger charge is -2.14. The first-order chi connectivity index (χ1) is 12.4. The number of benzene rings is 1. The summed E-state index contributed by atoms with van der Waals surface area (Å²) >= 11 is 0. The molecule has 1 atom stereocenters. The zero-order valence-electron chi connectivity index (χ0n) is 13.6. The first kappa shape index (κ1) is 17.7. The third kappa shape index (κ3) is 3.31. The minimum absolute atomic E-state index is 0.0253. The summed E-state index contributed by atoms with van der Waals surface area (Å²) in [6, 6.07) is 2.05. The van der Waals surface area contributed by atoms with Gasteiger partial charge in [0.2, 0.25) is 0 Å². The Morgan fingerprint density at radius 2 is 2.00 bits per heavy atom. The van der Waals surface area contributed by atoms with E-state index in [1.165, 1.54) is 6.07 Å². The SMILES string of the molecule is C[C@@H](CO)NC(=O)Nc1nc(-c2c(F)cccc2F)nc2c1C(=O)NC2. The molecule has 0 fully saturated rings. The first-order valence-electron chi connectivity index (χ1n) is 7.72. The van der Waals surface area contributed by atoms with Gasteiger partial charge in [-0.15, -0.1) is 0 Å². The Morgan fingerprint density at radius 1 is 1.31 bits per heavy atom. The average molecular weight is 363 g/mol. The quantitative estimate of drug-likeness (QED) is 0.651. The van der Waals surface area contributed by atoms with Crippen LogP contribution in [0.25, 0.3) is 11.4 Å². The third-order valence-corrected chi connectivity index (χ3v) is 3.70. The van der Waals surface area contributed by atoms with Crippen LogP contribution in [0.1, 0.15) is 23.0 Å². The van der Waals surface area contributed by atoms with Crippen molar-refractivity contribution in [2.45, 2.75) is 19.5 Å². The second-order valence-corrected chi connectivity index (χ2v) is 5.68. The van der Waals surface area contributed by atoms with Gasteiger partial charge < -0.3 is 15.7 Å². The number of aliphatic hydroxyl groups is 1. The van der Waals surface area contributed by atoms with Gasteiger partial charge in [-0.05, 0) is 19.1 Å². The van der Waals surface area contributed by atoms with E-state index in [1.54, 1.807) is 6.92 Å². The molecular formula is C16H15F2N5O3. The van der Waals surface area contributed by atoms with Crippen LogP contribution in [-0.4, -0.2) is 39.7 Å². The molecule has 0 unspecified atom stereocenters. The van der Waals surface area contributed by atoms with Gasteiger partial charge in [0.25, 0.3) is 5.91 Å². The summed E-state index contributed by atoms with van der Waals surface area (Å²) < 4.78 is 28.1. The van der Waals surface area contributed by atoms with E-state index in [2.05, 4.69) is 25.9 Å². The molecule has 2 aromatic rings. The van der Waals surface area contributed by atoms with Crippen molar-refractivity contribution < 1.29 is 23.5 Å². The van der Waals surface area contributed by atoms with Gasteiger partial charge in [0.1, 0.15) is 17.2 Å². The van der Waals surface area contributed by atoms with Crippen molar-refractivity contribution in [2.24, 2.45) is 0 Å². The molecule has 0 aliphatic carbocycles. The number of nitrogens with one attached hydrogen (secondary N) is 3. The number of hydrogen-bond acceptors (Lipinski definition) is 5. The number of aliphatic hydroxyl groups excluding tert-OH is 1. The lowest BCUT2D eigenvalue weighted by molar-refractivity contribution is 0.0966. The summed E-state index contributed by atoms with van der Waals surface area (Å²) in [6.07, 6.45) is 0. The monoisotopic (exact) mass is 363 g/mol. The maximum absolute atomic E-state index is 14.0. The Kier molecular flexibility index (Phi) is 4.76. The van der Waals surface area contributed by atoms with Crippen molar-refractivity contribution >= 4 is 17.8 Å². The van der Waals surface area contributed by atoms with E-state index in [-0.39, 0.29) is 36.1 Å². The van der Waals surface area contributed by atoms with Crippen molar-refractivity contribution in [3.63, 3.8) is 0 Å². The first-order valence-corrected chi connectivity index (χ1v) is 7.72. The normalized spacial score (nSPS) is 13.8.